The molecule has 0 aliphatic carbocycles. The number of hydrogen-bond donors (Lipinski definition) is 2. The molecule has 146 valence electrons. The van der Waals surface area contributed by atoms with Crippen LogP contribution in [0.2, 0.25) is 0 Å². The molecule has 0 spiro atoms. The van der Waals surface area contributed by atoms with E-state index in [0.29, 0.717) is 25.5 Å². The summed E-state index contributed by atoms with van der Waals surface area (Å²) in [5, 5.41) is 6.43. The smallest absolute Gasteiger partial charge is 0.387 e. The fourth-order valence-electron chi connectivity index (χ4n) is 2.73. The number of carbonyl (C=O) groups is 1. The summed E-state index contributed by atoms with van der Waals surface area (Å²) in [6.45, 7) is 0.841. The van der Waals surface area contributed by atoms with E-state index in [0.717, 1.165) is 18.5 Å². The molecular formula is C17H25F2IN4O2. The van der Waals surface area contributed by atoms with E-state index < -0.39 is 6.61 Å². The molecule has 1 amide bonds. The second kappa shape index (κ2) is 11.1. The van der Waals surface area contributed by atoms with Crippen LogP contribution in [0.3, 0.4) is 0 Å². The number of hydrogen-bond acceptors (Lipinski definition) is 3. The zero-order valence-corrected chi connectivity index (χ0v) is 17.2. The van der Waals surface area contributed by atoms with E-state index in [-0.39, 0.29) is 41.7 Å². The lowest BCUT2D eigenvalue weighted by Crippen LogP contribution is -2.44. The highest BCUT2D eigenvalue weighted by Gasteiger charge is 2.25. The van der Waals surface area contributed by atoms with Gasteiger partial charge in [-0.1, -0.05) is 19.1 Å². The summed E-state index contributed by atoms with van der Waals surface area (Å²) in [5.41, 5.74) is 0.801. The molecule has 2 N–H and O–H groups in total. The largest absolute Gasteiger partial charge is 0.435 e. The predicted molar refractivity (Wildman–Crippen MR) is 107 cm³/mol. The normalized spacial score (nSPS) is 17.0. The Morgan fingerprint density at radius 2 is 2.23 bits per heavy atom. The molecule has 1 fully saturated rings. The number of halogens is 3. The van der Waals surface area contributed by atoms with Gasteiger partial charge in [0.05, 0.1) is 0 Å². The Hall–Kier alpha value is -1.65. The summed E-state index contributed by atoms with van der Waals surface area (Å²) >= 11 is 0. The van der Waals surface area contributed by atoms with E-state index >= 15 is 0 Å². The van der Waals surface area contributed by atoms with Gasteiger partial charge in [-0.3, -0.25) is 9.79 Å². The van der Waals surface area contributed by atoms with Gasteiger partial charge in [0.15, 0.2) is 5.96 Å². The first kappa shape index (κ1) is 22.4. The van der Waals surface area contributed by atoms with Gasteiger partial charge >= 0.3 is 6.61 Å². The summed E-state index contributed by atoms with van der Waals surface area (Å²) in [6.07, 6.45) is 1.38. The van der Waals surface area contributed by atoms with Crippen LogP contribution in [0.15, 0.2) is 29.3 Å². The standard InChI is InChI=1S/C17H24F2N4O2.HI/c1-3-15(24)23-8-7-13(11-23)22-17(20-2)21-10-12-5-4-6-14(9-12)25-16(18)19;/h4-6,9,13,16H,3,7-8,10-11H2,1-2H3,(H2,20,21,22);1H. The third-order valence-corrected chi connectivity index (χ3v) is 3.99. The Kier molecular flexibility index (Phi) is 9.60. The number of nitrogens with one attached hydrogen (secondary N) is 2. The first-order valence-electron chi connectivity index (χ1n) is 8.30. The van der Waals surface area contributed by atoms with Crippen molar-refractivity contribution in [2.75, 3.05) is 20.1 Å². The monoisotopic (exact) mass is 482 g/mol. The van der Waals surface area contributed by atoms with E-state index in [1.807, 2.05) is 17.9 Å². The molecule has 1 atom stereocenters. The Labute approximate surface area is 169 Å². The lowest BCUT2D eigenvalue weighted by atomic mass is 10.2. The van der Waals surface area contributed by atoms with Crippen molar-refractivity contribution in [3.63, 3.8) is 0 Å². The van der Waals surface area contributed by atoms with Gasteiger partial charge in [-0.2, -0.15) is 8.78 Å². The highest BCUT2D eigenvalue weighted by atomic mass is 127. The zero-order chi connectivity index (χ0) is 18.2. The Morgan fingerprint density at radius 1 is 1.46 bits per heavy atom. The highest BCUT2D eigenvalue weighted by molar-refractivity contribution is 14.0. The maximum atomic E-state index is 12.3. The van der Waals surface area contributed by atoms with Crippen LogP contribution in [0.1, 0.15) is 25.3 Å². The van der Waals surface area contributed by atoms with E-state index in [9.17, 15) is 13.6 Å². The molecule has 1 aromatic carbocycles. The van der Waals surface area contributed by atoms with Crippen molar-refractivity contribution in [3.05, 3.63) is 29.8 Å². The average Bonchev–Trinajstić information content (AvgIpc) is 3.06. The van der Waals surface area contributed by atoms with Crippen LogP contribution < -0.4 is 15.4 Å². The molecule has 1 aliphatic heterocycles. The van der Waals surface area contributed by atoms with E-state index in [1.54, 1.807) is 19.2 Å². The van der Waals surface area contributed by atoms with Crippen molar-refractivity contribution in [2.24, 2.45) is 4.99 Å². The Bertz CT molecular complexity index is 616. The topological polar surface area (TPSA) is 66.0 Å². The van der Waals surface area contributed by atoms with Crippen LogP contribution in [0.25, 0.3) is 0 Å². The van der Waals surface area contributed by atoms with Crippen LogP contribution in [0.4, 0.5) is 8.78 Å². The molecule has 0 radical (unpaired) electrons. The van der Waals surface area contributed by atoms with E-state index in [1.165, 1.54) is 6.07 Å². The molecule has 1 unspecified atom stereocenters. The molecule has 0 bridgehead atoms. The van der Waals surface area contributed by atoms with E-state index in [4.69, 9.17) is 0 Å². The summed E-state index contributed by atoms with van der Waals surface area (Å²) < 4.78 is 28.9. The van der Waals surface area contributed by atoms with Gasteiger partial charge in [-0.05, 0) is 24.1 Å². The molecule has 2 rings (SSSR count). The SMILES string of the molecule is CCC(=O)N1CCC(NC(=NC)NCc2cccc(OC(F)F)c2)C1.I. The minimum Gasteiger partial charge on any atom is -0.435 e. The number of nitrogens with zero attached hydrogens (tertiary/aromatic N) is 2. The van der Waals surface area contributed by atoms with Crippen LogP contribution in [0.5, 0.6) is 5.75 Å². The van der Waals surface area contributed by atoms with Crippen LogP contribution in [-0.2, 0) is 11.3 Å². The number of rotatable bonds is 6. The number of carbonyl (C=O) groups excluding carboxylic acids is 1. The number of amides is 1. The van der Waals surface area contributed by atoms with Crippen molar-refractivity contribution >= 4 is 35.8 Å². The second-order valence-electron chi connectivity index (χ2n) is 5.77. The highest BCUT2D eigenvalue weighted by Crippen LogP contribution is 2.16. The van der Waals surface area contributed by atoms with Gasteiger partial charge in [0.25, 0.3) is 0 Å². The third-order valence-electron chi connectivity index (χ3n) is 3.99. The summed E-state index contributed by atoms with van der Waals surface area (Å²) in [5.74, 6) is 0.890. The molecule has 0 saturated carbocycles. The fourth-order valence-corrected chi connectivity index (χ4v) is 2.73. The molecule has 9 heteroatoms. The third kappa shape index (κ3) is 6.93. The second-order valence-corrected chi connectivity index (χ2v) is 5.77. The van der Waals surface area contributed by atoms with Crippen LogP contribution in [0, 0.1) is 0 Å². The van der Waals surface area contributed by atoms with Crippen LogP contribution >= 0.6 is 24.0 Å². The van der Waals surface area contributed by atoms with Gasteiger partial charge in [0.2, 0.25) is 5.91 Å². The average molecular weight is 482 g/mol. The summed E-state index contributed by atoms with van der Waals surface area (Å²) in [6, 6.07) is 6.67. The predicted octanol–water partition coefficient (Wildman–Crippen LogP) is 2.58. The maximum Gasteiger partial charge on any atom is 0.387 e. The first-order chi connectivity index (χ1) is 12.0. The lowest BCUT2D eigenvalue weighted by molar-refractivity contribution is -0.129. The minimum absolute atomic E-state index is 0. The molecular weight excluding hydrogens is 457 g/mol. The van der Waals surface area contributed by atoms with Crippen molar-refractivity contribution in [1.82, 2.24) is 15.5 Å². The maximum absolute atomic E-state index is 12.3. The number of likely N-dealkylation sites (tertiary alicyclic amines) is 1. The molecule has 1 heterocycles. The first-order valence-corrected chi connectivity index (χ1v) is 8.30. The van der Waals surface area contributed by atoms with Gasteiger partial charge in [0, 0.05) is 39.1 Å². The van der Waals surface area contributed by atoms with Gasteiger partial charge in [0.1, 0.15) is 5.75 Å². The zero-order valence-electron chi connectivity index (χ0n) is 14.9. The summed E-state index contributed by atoms with van der Waals surface area (Å²) in [4.78, 5) is 17.7. The number of aliphatic imine (C=N–C) groups is 1. The number of guanidine groups is 1. The summed E-state index contributed by atoms with van der Waals surface area (Å²) in [7, 11) is 1.66. The van der Waals surface area contributed by atoms with Gasteiger partial charge in [-0.15, -0.1) is 24.0 Å². The molecule has 0 aromatic heterocycles. The molecule has 26 heavy (non-hydrogen) atoms. The Balaban J connectivity index is 0.00000338. The number of ether oxygens (including phenoxy) is 1. The van der Waals surface area contributed by atoms with Crippen molar-refractivity contribution in [2.45, 2.75) is 39.0 Å². The fraction of sp³-hybridized carbons (Fsp3) is 0.529. The van der Waals surface area contributed by atoms with Crippen LogP contribution in [-0.4, -0.2) is 49.6 Å². The molecule has 1 saturated heterocycles. The van der Waals surface area contributed by atoms with Crippen molar-refractivity contribution < 1.29 is 18.3 Å². The van der Waals surface area contributed by atoms with E-state index in [2.05, 4.69) is 20.4 Å². The van der Waals surface area contributed by atoms with Gasteiger partial charge in [-0.25, -0.2) is 0 Å². The number of benzene rings is 1. The van der Waals surface area contributed by atoms with Gasteiger partial charge < -0.3 is 20.3 Å². The van der Waals surface area contributed by atoms with Crippen molar-refractivity contribution in [3.8, 4) is 5.75 Å². The minimum atomic E-state index is -2.84. The molecule has 6 nitrogen and oxygen atoms in total. The number of alkyl halides is 2. The quantitative estimate of drug-likeness (QED) is 0.372. The van der Waals surface area contributed by atoms with Crippen molar-refractivity contribution in [1.29, 1.82) is 0 Å². The molecule has 1 aliphatic rings. The lowest BCUT2D eigenvalue weighted by Gasteiger charge is -2.19. The Morgan fingerprint density at radius 3 is 2.88 bits per heavy atom. The molecule has 1 aromatic rings.